The summed E-state index contributed by atoms with van der Waals surface area (Å²) in [5, 5.41) is 13.6. The number of anilines is 1. The molecule has 1 rings (SSSR count). The zero-order chi connectivity index (χ0) is 15.7. The summed E-state index contributed by atoms with van der Waals surface area (Å²) in [5.74, 6) is -1.08. The SMILES string of the molecule is NC(=O)CCCNC(=O)Nc1ccc(OCC(=O)O)cc1. The van der Waals surface area contributed by atoms with E-state index in [1.165, 1.54) is 0 Å². The van der Waals surface area contributed by atoms with E-state index < -0.39 is 24.5 Å². The number of carbonyl (C=O) groups is 3. The Morgan fingerprint density at radius 1 is 1.19 bits per heavy atom. The van der Waals surface area contributed by atoms with Crippen molar-refractivity contribution in [3.05, 3.63) is 24.3 Å². The summed E-state index contributed by atoms with van der Waals surface area (Å²) in [6.07, 6.45) is 0.695. The number of benzene rings is 1. The normalized spacial score (nSPS) is 9.71. The molecule has 1 aromatic carbocycles. The molecule has 0 fully saturated rings. The van der Waals surface area contributed by atoms with Crippen LogP contribution in [-0.2, 0) is 9.59 Å². The fourth-order valence-electron chi connectivity index (χ4n) is 1.42. The summed E-state index contributed by atoms with van der Waals surface area (Å²) in [6.45, 7) is -0.0816. The van der Waals surface area contributed by atoms with Crippen LogP contribution < -0.4 is 21.1 Å². The Morgan fingerprint density at radius 3 is 2.43 bits per heavy atom. The van der Waals surface area contributed by atoms with Gasteiger partial charge in [0.05, 0.1) is 0 Å². The molecule has 8 nitrogen and oxygen atoms in total. The third kappa shape index (κ3) is 7.41. The average molecular weight is 295 g/mol. The van der Waals surface area contributed by atoms with Crippen molar-refractivity contribution in [2.24, 2.45) is 5.73 Å². The molecule has 0 saturated heterocycles. The van der Waals surface area contributed by atoms with Crippen LogP contribution in [0.3, 0.4) is 0 Å². The Morgan fingerprint density at radius 2 is 1.86 bits per heavy atom. The van der Waals surface area contributed by atoms with Crippen molar-refractivity contribution in [3.63, 3.8) is 0 Å². The van der Waals surface area contributed by atoms with Crippen molar-refractivity contribution in [1.29, 1.82) is 0 Å². The van der Waals surface area contributed by atoms with Crippen LogP contribution in [0.1, 0.15) is 12.8 Å². The number of rotatable bonds is 8. The fraction of sp³-hybridized carbons (Fsp3) is 0.308. The van der Waals surface area contributed by atoms with Crippen molar-refractivity contribution < 1.29 is 24.2 Å². The Hall–Kier alpha value is -2.77. The lowest BCUT2D eigenvalue weighted by Gasteiger charge is -2.08. The first kappa shape index (κ1) is 16.3. The van der Waals surface area contributed by atoms with Crippen LogP contribution in [0.25, 0.3) is 0 Å². The summed E-state index contributed by atoms with van der Waals surface area (Å²) in [7, 11) is 0. The molecule has 1 aromatic rings. The second kappa shape index (κ2) is 8.41. The minimum atomic E-state index is -1.06. The van der Waals surface area contributed by atoms with Crippen molar-refractivity contribution in [1.82, 2.24) is 5.32 Å². The largest absolute Gasteiger partial charge is 0.482 e. The highest BCUT2D eigenvalue weighted by Crippen LogP contribution is 2.15. The van der Waals surface area contributed by atoms with E-state index in [1.807, 2.05) is 0 Å². The van der Waals surface area contributed by atoms with Crippen LogP contribution in [-0.4, -0.2) is 36.2 Å². The Kier molecular flexibility index (Phi) is 6.52. The lowest BCUT2D eigenvalue weighted by atomic mass is 10.3. The number of aliphatic carboxylic acids is 1. The van der Waals surface area contributed by atoms with Gasteiger partial charge >= 0.3 is 12.0 Å². The first-order chi connectivity index (χ1) is 9.97. The zero-order valence-corrected chi connectivity index (χ0v) is 11.3. The Bertz CT molecular complexity index is 501. The molecule has 0 bridgehead atoms. The molecule has 0 heterocycles. The van der Waals surface area contributed by atoms with Crippen LogP contribution >= 0.6 is 0 Å². The molecule has 0 aliphatic heterocycles. The highest BCUT2D eigenvalue weighted by molar-refractivity contribution is 5.89. The number of hydrogen-bond acceptors (Lipinski definition) is 4. The molecule has 5 N–H and O–H groups in total. The number of nitrogens with two attached hydrogens (primary N) is 1. The lowest BCUT2D eigenvalue weighted by Crippen LogP contribution is -2.30. The molecule has 0 aromatic heterocycles. The molecule has 114 valence electrons. The maximum atomic E-state index is 11.5. The Balaban J connectivity index is 2.32. The monoisotopic (exact) mass is 295 g/mol. The predicted molar refractivity (Wildman–Crippen MR) is 75.0 cm³/mol. The van der Waals surface area contributed by atoms with Gasteiger partial charge in [0.25, 0.3) is 0 Å². The zero-order valence-electron chi connectivity index (χ0n) is 11.3. The van der Waals surface area contributed by atoms with Gasteiger partial charge in [-0.2, -0.15) is 0 Å². The van der Waals surface area contributed by atoms with Gasteiger partial charge in [0.2, 0.25) is 5.91 Å². The number of primary amides is 1. The van der Waals surface area contributed by atoms with E-state index in [9.17, 15) is 14.4 Å². The fourth-order valence-corrected chi connectivity index (χ4v) is 1.42. The average Bonchev–Trinajstić information content (AvgIpc) is 2.42. The molecule has 3 amide bonds. The first-order valence-electron chi connectivity index (χ1n) is 6.25. The van der Waals surface area contributed by atoms with Crippen LogP contribution in [0.4, 0.5) is 10.5 Å². The molecule has 0 aliphatic rings. The molecule has 0 saturated carbocycles. The van der Waals surface area contributed by atoms with Gasteiger partial charge < -0.3 is 26.2 Å². The van der Waals surface area contributed by atoms with E-state index in [4.69, 9.17) is 15.6 Å². The number of carboxylic acids is 1. The smallest absolute Gasteiger partial charge is 0.341 e. The standard InChI is InChI=1S/C13H17N3O5/c14-11(17)2-1-7-15-13(20)16-9-3-5-10(6-4-9)21-8-12(18)19/h3-6H,1-2,7-8H2,(H2,14,17)(H,18,19)(H2,15,16,20). The number of hydrogen-bond donors (Lipinski definition) is 4. The van der Waals surface area contributed by atoms with Crippen molar-refractivity contribution in [2.75, 3.05) is 18.5 Å². The van der Waals surface area contributed by atoms with Gasteiger partial charge in [0, 0.05) is 18.7 Å². The summed E-state index contributed by atoms with van der Waals surface area (Å²) >= 11 is 0. The number of carboxylic acid groups (broad SMARTS) is 1. The van der Waals surface area contributed by atoms with Gasteiger partial charge in [-0.15, -0.1) is 0 Å². The number of urea groups is 1. The third-order valence-electron chi connectivity index (χ3n) is 2.36. The van der Waals surface area contributed by atoms with Crippen molar-refractivity contribution in [3.8, 4) is 5.75 Å². The quantitative estimate of drug-likeness (QED) is 0.520. The predicted octanol–water partition coefficient (Wildman–Crippen LogP) is 0.537. The molecule has 0 unspecified atom stereocenters. The highest BCUT2D eigenvalue weighted by atomic mass is 16.5. The van der Waals surface area contributed by atoms with Crippen LogP contribution in [0, 0.1) is 0 Å². The molecule has 0 spiro atoms. The van der Waals surface area contributed by atoms with E-state index in [0.29, 0.717) is 24.4 Å². The van der Waals surface area contributed by atoms with Gasteiger partial charge in [-0.25, -0.2) is 9.59 Å². The van der Waals surface area contributed by atoms with E-state index >= 15 is 0 Å². The summed E-state index contributed by atoms with van der Waals surface area (Å²) in [5.41, 5.74) is 5.51. The number of nitrogens with one attached hydrogen (secondary N) is 2. The molecule has 21 heavy (non-hydrogen) atoms. The van der Waals surface area contributed by atoms with Crippen molar-refractivity contribution >= 4 is 23.6 Å². The maximum absolute atomic E-state index is 11.5. The molecular weight excluding hydrogens is 278 g/mol. The van der Waals surface area contributed by atoms with Gasteiger partial charge in [-0.1, -0.05) is 0 Å². The van der Waals surface area contributed by atoms with Crippen molar-refractivity contribution in [2.45, 2.75) is 12.8 Å². The van der Waals surface area contributed by atoms with Gasteiger partial charge in [0.15, 0.2) is 6.61 Å². The van der Waals surface area contributed by atoms with Crippen LogP contribution in [0.5, 0.6) is 5.75 Å². The number of carbonyl (C=O) groups excluding carboxylic acids is 2. The number of amides is 3. The molecular formula is C13H17N3O5. The Labute approximate surface area is 121 Å². The molecule has 0 atom stereocenters. The van der Waals surface area contributed by atoms with Gasteiger partial charge in [0.1, 0.15) is 5.75 Å². The topological polar surface area (TPSA) is 131 Å². The van der Waals surface area contributed by atoms with Gasteiger partial charge in [-0.3, -0.25) is 4.79 Å². The highest BCUT2D eigenvalue weighted by Gasteiger charge is 2.03. The second-order valence-electron chi connectivity index (χ2n) is 4.16. The van der Waals surface area contributed by atoms with E-state index in [1.54, 1.807) is 24.3 Å². The maximum Gasteiger partial charge on any atom is 0.341 e. The third-order valence-corrected chi connectivity index (χ3v) is 2.36. The van der Waals surface area contributed by atoms with Crippen LogP contribution in [0.2, 0.25) is 0 Å². The minimum absolute atomic E-state index is 0.218. The molecule has 8 heteroatoms. The minimum Gasteiger partial charge on any atom is -0.482 e. The van der Waals surface area contributed by atoms with E-state index in [2.05, 4.69) is 10.6 Å². The summed E-state index contributed by atoms with van der Waals surface area (Å²) in [4.78, 5) is 32.4. The van der Waals surface area contributed by atoms with Crippen LogP contribution in [0.15, 0.2) is 24.3 Å². The molecule has 0 radical (unpaired) electrons. The lowest BCUT2D eigenvalue weighted by molar-refractivity contribution is -0.139. The first-order valence-corrected chi connectivity index (χ1v) is 6.25. The summed E-state index contributed by atoms with van der Waals surface area (Å²) < 4.78 is 4.96. The summed E-state index contributed by atoms with van der Waals surface area (Å²) in [6, 6.07) is 5.86. The molecule has 0 aliphatic carbocycles. The number of ether oxygens (including phenoxy) is 1. The van der Waals surface area contributed by atoms with E-state index in [0.717, 1.165) is 0 Å². The second-order valence-corrected chi connectivity index (χ2v) is 4.16. The van der Waals surface area contributed by atoms with E-state index in [-0.39, 0.29) is 6.42 Å². The van der Waals surface area contributed by atoms with Gasteiger partial charge in [-0.05, 0) is 30.7 Å².